The Morgan fingerprint density at radius 3 is 2.31 bits per heavy atom. The molecule has 2 N–H and O–H groups in total. The van der Waals surface area contributed by atoms with Crippen molar-refractivity contribution in [3.8, 4) is 0 Å². The molecule has 0 unspecified atom stereocenters. The summed E-state index contributed by atoms with van der Waals surface area (Å²) in [7, 11) is 1.15. The van der Waals surface area contributed by atoms with Crippen LogP contribution in [0, 0.1) is 5.82 Å². The largest absolute Gasteiger partial charge is 0.464 e. The summed E-state index contributed by atoms with van der Waals surface area (Å²) < 4.78 is 17.9. The van der Waals surface area contributed by atoms with Crippen molar-refractivity contribution in [2.24, 2.45) is 0 Å². The van der Waals surface area contributed by atoms with Gasteiger partial charge in [-0.05, 0) is 29.8 Å². The Hall–Kier alpha value is -3.48. The predicted octanol–water partition coefficient (Wildman–Crippen LogP) is 2.49. The van der Waals surface area contributed by atoms with E-state index >= 15 is 0 Å². The maximum absolute atomic E-state index is 13.2. The van der Waals surface area contributed by atoms with E-state index in [1.807, 2.05) is 0 Å². The van der Waals surface area contributed by atoms with Gasteiger partial charge in [0.2, 0.25) is 0 Å². The summed E-state index contributed by atoms with van der Waals surface area (Å²) in [4.78, 5) is 37.2. The fourth-order valence-corrected chi connectivity index (χ4v) is 2.72. The Bertz CT molecular complexity index is 892. The third kappa shape index (κ3) is 3.32. The molecule has 6 nitrogen and oxygen atoms in total. The minimum absolute atomic E-state index is 0.0225. The average molecular weight is 354 g/mol. The highest BCUT2D eigenvalue weighted by atomic mass is 19.1. The smallest absolute Gasteiger partial charge is 0.355 e. The third-order valence-corrected chi connectivity index (χ3v) is 3.95. The van der Waals surface area contributed by atoms with Crippen LogP contribution in [0.1, 0.15) is 22.0 Å². The summed E-state index contributed by atoms with van der Waals surface area (Å²) in [5.41, 5.74) is 0.588. The summed E-state index contributed by atoms with van der Waals surface area (Å²) >= 11 is 0. The van der Waals surface area contributed by atoms with Gasteiger partial charge in [-0.1, -0.05) is 30.3 Å². The number of esters is 1. The molecule has 2 amide bonds. The summed E-state index contributed by atoms with van der Waals surface area (Å²) in [6, 6.07) is 12.2. The second-order valence-electron chi connectivity index (χ2n) is 5.56. The third-order valence-electron chi connectivity index (χ3n) is 3.95. The number of carbonyl (C=O) groups excluding carboxylic acids is 3. The molecule has 0 aliphatic carbocycles. The Morgan fingerprint density at radius 1 is 1.04 bits per heavy atom. The minimum atomic E-state index is -0.850. The van der Waals surface area contributed by atoms with Crippen molar-refractivity contribution < 1.29 is 23.5 Å². The first kappa shape index (κ1) is 17.3. The molecule has 0 aromatic heterocycles. The van der Waals surface area contributed by atoms with Gasteiger partial charge in [-0.15, -0.1) is 0 Å². The Labute approximate surface area is 148 Å². The number of urea groups is 1. The lowest BCUT2D eigenvalue weighted by Crippen LogP contribution is -2.47. The van der Waals surface area contributed by atoms with E-state index < -0.39 is 29.6 Å². The fraction of sp³-hybridized carbons (Fsp3) is 0.105. The van der Waals surface area contributed by atoms with Gasteiger partial charge in [0, 0.05) is 5.56 Å². The van der Waals surface area contributed by atoms with E-state index in [1.54, 1.807) is 30.3 Å². The predicted molar refractivity (Wildman–Crippen MR) is 90.6 cm³/mol. The van der Waals surface area contributed by atoms with Crippen LogP contribution >= 0.6 is 0 Å². The molecule has 2 aromatic carbocycles. The molecule has 1 atom stereocenters. The van der Waals surface area contributed by atoms with Gasteiger partial charge in [-0.3, -0.25) is 4.79 Å². The average Bonchev–Trinajstić information content (AvgIpc) is 2.67. The highest BCUT2D eigenvalue weighted by Gasteiger charge is 2.36. The molecule has 1 heterocycles. The van der Waals surface area contributed by atoms with Crippen molar-refractivity contribution in [1.82, 2.24) is 10.6 Å². The van der Waals surface area contributed by atoms with Gasteiger partial charge in [-0.25, -0.2) is 14.0 Å². The van der Waals surface area contributed by atoms with Crippen LogP contribution in [0.3, 0.4) is 0 Å². The number of Topliss-reactive ketones (excluding diaryl/α,β-unsaturated/α-hetero) is 1. The minimum Gasteiger partial charge on any atom is -0.464 e. The number of halogens is 1. The van der Waals surface area contributed by atoms with Gasteiger partial charge in [0.1, 0.15) is 11.5 Å². The molecule has 1 aliphatic rings. The van der Waals surface area contributed by atoms with Gasteiger partial charge in [-0.2, -0.15) is 0 Å². The molecule has 3 rings (SSSR count). The topological polar surface area (TPSA) is 84.5 Å². The van der Waals surface area contributed by atoms with Crippen LogP contribution in [0.25, 0.3) is 0 Å². The SMILES string of the molecule is COC(=O)C1=C(C(=O)c2ccc(F)cc2)[C@H](c2ccccc2)NC(=O)N1. The van der Waals surface area contributed by atoms with E-state index in [2.05, 4.69) is 10.6 Å². The number of rotatable bonds is 4. The number of methoxy groups -OCH3 is 1. The van der Waals surface area contributed by atoms with Crippen LogP contribution in [0.15, 0.2) is 65.9 Å². The van der Waals surface area contributed by atoms with Crippen LogP contribution in [0.5, 0.6) is 0 Å². The van der Waals surface area contributed by atoms with Crippen molar-refractivity contribution in [3.63, 3.8) is 0 Å². The summed E-state index contributed by atoms with van der Waals surface area (Å²) in [6.45, 7) is 0. The molecule has 26 heavy (non-hydrogen) atoms. The maximum Gasteiger partial charge on any atom is 0.355 e. The van der Waals surface area contributed by atoms with E-state index in [1.165, 1.54) is 12.1 Å². The first-order valence-electron chi connectivity index (χ1n) is 7.76. The first-order chi connectivity index (χ1) is 12.5. The van der Waals surface area contributed by atoms with E-state index in [9.17, 15) is 18.8 Å². The number of hydrogen-bond donors (Lipinski definition) is 2. The Kier molecular flexibility index (Phi) is 4.79. The molecule has 2 aromatic rings. The molecule has 0 spiro atoms. The normalized spacial score (nSPS) is 16.5. The molecular weight excluding hydrogens is 339 g/mol. The standard InChI is InChI=1S/C19H15FN2O4/c1-26-18(24)16-14(17(23)12-7-9-13(20)10-8-12)15(21-19(25)22-16)11-5-3-2-4-6-11/h2-10,15H,1H3,(H2,21,22,25)/t15-/m0/s1. The molecule has 0 saturated carbocycles. The van der Waals surface area contributed by atoms with Gasteiger partial charge in [0.15, 0.2) is 5.78 Å². The van der Waals surface area contributed by atoms with E-state index in [4.69, 9.17) is 4.74 Å². The molecule has 0 radical (unpaired) electrons. The quantitative estimate of drug-likeness (QED) is 0.653. The van der Waals surface area contributed by atoms with Crippen LogP contribution in [-0.4, -0.2) is 24.9 Å². The van der Waals surface area contributed by atoms with Crippen molar-refractivity contribution in [1.29, 1.82) is 0 Å². The van der Waals surface area contributed by atoms with E-state index in [0.717, 1.165) is 19.2 Å². The van der Waals surface area contributed by atoms with Crippen molar-refractivity contribution in [3.05, 3.63) is 82.8 Å². The van der Waals surface area contributed by atoms with E-state index in [-0.39, 0.29) is 16.8 Å². The highest BCUT2D eigenvalue weighted by Crippen LogP contribution is 2.30. The van der Waals surface area contributed by atoms with Gasteiger partial charge in [0.25, 0.3) is 0 Å². The van der Waals surface area contributed by atoms with E-state index in [0.29, 0.717) is 5.56 Å². The van der Waals surface area contributed by atoms with Gasteiger partial charge >= 0.3 is 12.0 Å². The van der Waals surface area contributed by atoms with Gasteiger partial charge < -0.3 is 15.4 Å². The molecule has 0 saturated heterocycles. The number of hydrogen-bond acceptors (Lipinski definition) is 4. The molecule has 0 bridgehead atoms. The number of ether oxygens (including phenoxy) is 1. The zero-order valence-corrected chi connectivity index (χ0v) is 13.8. The summed E-state index contributed by atoms with van der Waals surface area (Å²) in [5, 5.41) is 4.98. The van der Waals surface area contributed by atoms with Gasteiger partial charge in [0.05, 0.1) is 18.7 Å². The molecule has 1 aliphatic heterocycles. The molecule has 7 heteroatoms. The zero-order chi connectivity index (χ0) is 18.7. The summed E-state index contributed by atoms with van der Waals surface area (Å²) in [6.07, 6.45) is 0. The Balaban J connectivity index is 2.16. The molecular formula is C19H15FN2O4. The summed E-state index contributed by atoms with van der Waals surface area (Å²) in [5.74, 6) is -1.85. The lowest BCUT2D eigenvalue weighted by atomic mass is 9.89. The lowest BCUT2D eigenvalue weighted by Gasteiger charge is -2.28. The lowest BCUT2D eigenvalue weighted by molar-refractivity contribution is -0.136. The van der Waals surface area contributed by atoms with Crippen LogP contribution in [-0.2, 0) is 9.53 Å². The van der Waals surface area contributed by atoms with Crippen molar-refractivity contribution in [2.75, 3.05) is 7.11 Å². The number of carbonyl (C=O) groups is 3. The highest BCUT2D eigenvalue weighted by molar-refractivity contribution is 6.15. The van der Waals surface area contributed by atoms with Crippen molar-refractivity contribution >= 4 is 17.8 Å². The molecule has 132 valence electrons. The monoisotopic (exact) mass is 354 g/mol. The zero-order valence-electron chi connectivity index (χ0n) is 13.8. The second-order valence-corrected chi connectivity index (χ2v) is 5.56. The second kappa shape index (κ2) is 7.18. The first-order valence-corrected chi connectivity index (χ1v) is 7.76. The molecule has 0 fully saturated rings. The van der Waals surface area contributed by atoms with Crippen molar-refractivity contribution in [2.45, 2.75) is 6.04 Å². The van der Waals surface area contributed by atoms with Crippen LogP contribution in [0.2, 0.25) is 0 Å². The Morgan fingerprint density at radius 2 is 1.69 bits per heavy atom. The fourth-order valence-electron chi connectivity index (χ4n) is 2.72. The number of ketones is 1. The van der Waals surface area contributed by atoms with Crippen LogP contribution in [0.4, 0.5) is 9.18 Å². The van der Waals surface area contributed by atoms with Crippen LogP contribution < -0.4 is 10.6 Å². The maximum atomic E-state index is 13.2. The number of benzene rings is 2. The number of amides is 2. The number of nitrogens with one attached hydrogen (secondary N) is 2.